The fourth-order valence-corrected chi connectivity index (χ4v) is 2.15. The predicted octanol–water partition coefficient (Wildman–Crippen LogP) is 3.01. The summed E-state index contributed by atoms with van der Waals surface area (Å²) < 4.78 is 0. The Morgan fingerprint density at radius 3 is 2.13 bits per heavy atom. The molecule has 92 valence electrons. The summed E-state index contributed by atoms with van der Waals surface area (Å²) in [5.41, 5.74) is 6.10. The van der Waals surface area contributed by atoms with Crippen molar-refractivity contribution in [2.45, 2.75) is 71.9 Å². The van der Waals surface area contributed by atoms with E-state index in [1.807, 2.05) is 0 Å². The fourth-order valence-electron chi connectivity index (χ4n) is 2.15. The maximum absolute atomic E-state index is 5.92. The smallest absolute Gasteiger partial charge is 0.0303 e. The minimum absolute atomic E-state index is 0.182. The molecule has 0 rings (SSSR count). The van der Waals surface area contributed by atoms with Crippen molar-refractivity contribution in [3.63, 3.8) is 0 Å². The molecule has 0 heterocycles. The van der Waals surface area contributed by atoms with Gasteiger partial charge < -0.3 is 5.73 Å². The molecule has 0 amide bonds. The van der Waals surface area contributed by atoms with Gasteiger partial charge in [-0.2, -0.15) is 0 Å². The van der Waals surface area contributed by atoms with Gasteiger partial charge in [0.2, 0.25) is 0 Å². The van der Waals surface area contributed by atoms with Crippen molar-refractivity contribution >= 4 is 0 Å². The fraction of sp³-hybridized carbons (Fsp3) is 1.00. The molecule has 0 fully saturated rings. The average molecular weight is 214 g/mol. The van der Waals surface area contributed by atoms with E-state index < -0.39 is 0 Å². The zero-order chi connectivity index (χ0) is 11.9. The van der Waals surface area contributed by atoms with Crippen molar-refractivity contribution in [2.24, 2.45) is 5.73 Å². The molecule has 0 aliphatic carbocycles. The monoisotopic (exact) mass is 214 g/mol. The van der Waals surface area contributed by atoms with Crippen LogP contribution in [0.3, 0.4) is 0 Å². The third kappa shape index (κ3) is 4.52. The Labute approximate surface area is 96.2 Å². The molecule has 2 N–H and O–H groups in total. The highest BCUT2D eigenvalue weighted by molar-refractivity contribution is 4.87. The van der Waals surface area contributed by atoms with E-state index in [9.17, 15) is 0 Å². The normalized spacial score (nSPS) is 16.0. The Morgan fingerprint density at radius 2 is 1.80 bits per heavy atom. The second-order valence-electron chi connectivity index (χ2n) is 5.05. The van der Waals surface area contributed by atoms with Crippen LogP contribution < -0.4 is 5.73 Å². The van der Waals surface area contributed by atoms with Crippen LogP contribution in [0.25, 0.3) is 0 Å². The van der Waals surface area contributed by atoms with E-state index in [1.165, 1.54) is 25.8 Å². The molecular formula is C13H30N2. The number of hydrogen-bond acceptors (Lipinski definition) is 2. The summed E-state index contributed by atoms with van der Waals surface area (Å²) >= 11 is 0. The van der Waals surface area contributed by atoms with Crippen LogP contribution >= 0.6 is 0 Å². The van der Waals surface area contributed by atoms with Crippen molar-refractivity contribution in [1.29, 1.82) is 0 Å². The minimum Gasteiger partial charge on any atom is -0.329 e. The van der Waals surface area contributed by atoms with Crippen molar-refractivity contribution < 1.29 is 0 Å². The van der Waals surface area contributed by atoms with E-state index in [4.69, 9.17) is 5.73 Å². The lowest BCUT2D eigenvalue weighted by Crippen LogP contribution is -2.54. The Bertz CT molecular complexity index is 151. The molecule has 0 spiro atoms. The highest BCUT2D eigenvalue weighted by atomic mass is 15.2. The molecule has 0 radical (unpaired) electrons. The zero-order valence-corrected chi connectivity index (χ0v) is 11.3. The SMILES string of the molecule is CCCCCN(C(C)C)C(C)(CC)CN. The molecule has 0 bridgehead atoms. The molecule has 0 saturated carbocycles. The highest BCUT2D eigenvalue weighted by Gasteiger charge is 2.29. The topological polar surface area (TPSA) is 29.3 Å². The number of hydrogen-bond donors (Lipinski definition) is 1. The molecule has 0 aromatic heterocycles. The Kier molecular flexibility index (Phi) is 7.20. The lowest BCUT2D eigenvalue weighted by Gasteiger charge is -2.43. The quantitative estimate of drug-likeness (QED) is 0.629. The van der Waals surface area contributed by atoms with E-state index in [1.54, 1.807) is 0 Å². The molecule has 0 aliphatic rings. The average Bonchev–Trinajstić information content (AvgIpc) is 2.23. The molecule has 0 aliphatic heterocycles. The zero-order valence-electron chi connectivity index (χ0n) is 11.3. The van der Waals surface area contributed by atoms with Gasteiger partial charge in [0.25, 0.3) is 0 Å². The van der Waals surface area contributed by atoms with Gasteiger partial charge in [-0.15, -0.1) is 0 Å². The standard InChI is InChI=1S/C13H30N2/c1-6-8-9-10-15(12(3)4)13(5,7-2)11-14/h12H,6-11,14H2,1-5H3. The third-order valence-electron chi connectivity index (χ3n) is 3.52. The predicted molar refractivity (Wildman–Crippen MR) is 69.1 cm³/mol. The van der Waals surface area contributed by atoms with E-state index in [0.717, 1.165) is 13.0 Å². The number of nitrogens with two attached hydrogens (primary N) is 1. The summed E-state index contributed by atoms with van der Waals surface area (Å²) in [4.78, 5) is 2.57. The number of unbranched alkanes of at least 4 members (excludes halogenated alkanes) is 2. The molecular weight excluding hydrogens is 184 g/mol. The van der Waals surface area contributed by atoms with Gasteiger partial charge in [-0.3, -0.25) is 4.90 Å². The van der Waals surface area contributed by atoms with Crippen LogP contribution in [0.2, 0.25) is 0 Å². The van der Waals surface area contributed by atoms with E-state index in [2.05, 4.69) is 39.5 Å². The van der Waals surface area contributed by atoms with Gasteiger partial charge in [-0.1, -0.05) is 26.7 Å². The molecule has 15 heavy (non-hydrogen) atoms. The van der Waals surface area contributed by atoms with Gasteiger partial charge in [0.1, 0.15) is 0 Å². The van der Waals surface area contributed by atoms with Crippen LogP contribution in [0.4, 0.5) is 0 Å². The van der Waals surface area contributed by atoms with Crippen molar-refractivity contribution in [3.05, 3.63) is 0 Å². The van der Waals surface area contributed by atoms with Crippen LogP contribution in [0.5, 0.6) is 0 Å². The lowest BCUT2D eigenvalue weighted by molar-refractivity contribution is 0.0703. The number of rotatable bonds is 8. The van der Waals surface area contributed by atoms with Crippen molar-refractivity contribution in [2.75, 3.05) is 13.1 Å². The first kappa shape index (κ1) is 14.9. The summed E-state index contributed by atoms with van der Waals surface area (Å²) in [6, 6.07) is 0.593. The second kappa shape index (κ2) is 7.24. The van der Waals surface area contributed by atoms with Gasteiger partial charge in [0.15, 0.2) is 0 Å². The van der Waals surface area contributed by atoms with Crippen LogP contribution in [-0.4, -0.2) is 29.6 Å². The first-order chi connectivity index (χ1) is 7.01. The first-order valence-corrected chi connectivity index (χ1v) is 6.48. The molecule has 1 atom stereocenters. The van der Waals surface area contributed by atoms with Crippen LogP contribution in [0.1, 0.15) is 60.3 Å². The Balaban J connectivity index is 4.36. The minimum atomic E-state index is 0.182. The second-order valence-corrected chi connectivity index (χ2v) is 5.05. The van der Waals surface area contributed by atoms with Gasteiger partial charge in [-0.25, -0.2) is 0 Å². The van der Waals surface area contributed by atoms with Crippen molar-refractivity contribution in [3.8, 4) is 0 Å². The van der Waals surface area contributed by atoms with E-state index in [-0.39, 0.29) is 5.54 Å². The summed E-state index contributed by atoms with van der Waals surface area (Å²) in [5, 5.41) is 0. The van der Waals surface area contributed by atoms with E-state index >= 15 is 0 Å². The van der Waals surface area contributed by atoms with Gasteiger partial charge >= 0.3 is 0 Å². The van der Waals surface area contributed by atoms with Crippen LogP contribution in [0, 0.1) is 0 Å². The van der Waals surface area contributed by atoms with Gasteiger partial charge in [0, 0.05) is 18.1 Å². The van der Waals surface area contributed by atoms with Gasteiger partial charge in [-0.05, 0) is 40.2 Å². The maximum Gasteiger partial charge on any atom is 0.0303 e. The van der Waals surface area contributed by atoms with Crippen LogP contribution in [-0.2, 0) is 0 Å². The molecule has 2 nitrogen and oxygen atoms in total. The lowest BCUT2D eigenvalue weighted by atomic mass is 9.94. The molecule has 0 aromatic carbocycles. The summed E-state index contributed by atoms with van der Waals surface area (Å²) in [6.07, 6.45) is 5.04. The summed E-state index contributed by atoms with van der Waals surface area (Å²) in [7, 11) is 0. The van der Waals surface area contributed by atoms with Crippen molar-refractivity contribution in [1.82, 2.24) is 4.90 Å². The summed E-state index contributed by atoms with van der Waals surface area (Å²) in [6.45, 7) is 13.3. The Hall–Kier alpha value is -0.0800. The Morgan fingerprint density at radius 1 is 1.20 bits per heavy atom. The summed E-state index contributed by atoms with van der Waals surface area (Å²) in [5.74, 6) is 0. The largest absolute Gasteiger partial charge is 0.329 e. The van der Waals surface area contributed by atoms with Gasteiger partial charge in [0.05, 0.1) is 0 Å². The third-order valence-corrected chi connectivity index (χ3v) is 3.52. The number of nitrogens with zero attached hydrogens (tertiary/aromatic N) is 1. The molecule has 0 aromatic rings. The maximum atomic E-state index is 5.92. The highest BCUT2D eigenvalue weighted by Crippen LogP contribution is 2.21. The first-order valence-electron chi connectivity index (χ1n) is 6.48. The van der Waals surface area contributed by atoms with E-state index in [0.29, 0.717) is 6.04 Å². The molecule has 2 heteroatoms. The molecule has 0 saturated heterocycles. The van der Waals surface area contributed by atoms with Crippen LogP contribution in [0.15, 0.2) is 0 Å². The molecule has 1 unspecified atom stereocenters.